The number of thiophene rings is 1. The van der Waals surface area contributed by atoms with Crippen LogP contribution in [0.2, 0.25) is 0 Å². The van der Waals surface area contributed by atoms with Crippen LogP contribution in [-0.4, -0.2) is 48.3 Å². The smallest absolute Gasteiger partial charge is 0.244 e. The Balaban J connectivity index is 0.00000280. The summed E-state index contributed by atoms with van der Waals surface area (Å²) in [5, 5.41) is 5.28. The fourth-order valence-corrected chi connectivity index (χ4v) is 4.05. The lowest BCUT2D eigenvalue weighted by atomic mass is 10.1. The van der Waals surface area contributed by atoms with Crippen LogP contribution < -0.4 is 5.32 Å². The number of hydrogen-bond acceptors (Lipinski definition) is 3. The molecular weight excluding hydrogens is 490 g/mol. The second-order valence-electron chi connectivity index (χ2n) is 6.59. The normalized spacial score (nSPS) is 13.5. The van der Waals surface area contributed by atoms with Crippen LogP contribution >= 0.6 is 35.3 Å². The molecule has 1 aromatic carbocycles. The molecule has 0 atom stereocenters. The number of guanidine groups is 1. The van der Waals surface area contributed by atoms with E-state index >= 15 is 0 Å². The van der Waals surface area contributed by atoms with Gasteiger partial charge in [-0.25, -0.2) is 9.38 Å². The number of rotatable bonds is 5. The highest BCUT2D eigenvalue weighted by atomic mass is 127. The summed E-state index contributed by atoms with van der Waals surface area (Å²) < 4.78 is 13.4. The Morgan fingerprint density at radius 2 is 2.21 bits per heavy atom. The summed E-state index contributed by atoms with van der Waals surface area (Å²) >= 11 is 1.76. The van der Waals surface area contributed by atoms with Gasteiger partial charge in [0.1, 0.15) is 12.4 Å². The van der Waals surface area contributed by atoms with Crippen LogP contribution in [0.5, 0.6) is 0 Å². The maximum atomic E-state index is 13.4. The second-order valence-corrected chi connectivity index (χ2v) is 7.59. The molecule has 1 aromatic heterocycles. The number of nitrogens with one attached hydrogen (secondary N) is 1. The minimum absolute atomic E-state index is 0. The summed E-state index contributed by atoms with van der Waals surface area (Å²) in [6.07, 6.45) is 0.919. The van der Waals surface area contributed by atoms with E-state index in [-0.39, 0.29) is 42.2 Å². The molecule has 0 radical (unpaired) electrons. The number of fused-ring (bicyclic) bond motifs is 1. The number of hydrogen-bond donors (Lipinski definition) is 1. The lowest BCUT2D eigenvalue weighted by Crippen LogP contribution is -2.41. The van der Waals surface area contributed by atoms with Gasteiger partial charge in [-0.3, -0.25) is 4.79 Å². The van der Waals surface area contributed by atoms with E-state index in [0.29, 0.717) is 25.6 Å². The number of nitrogens with zero attached hydrogens (tertiary/aromatic N) is 3. The van der Waals surface area contributed by atoms with E-state index < -0.39 is 0 Å². The Morgan fingerprint density at radius 3 is 2.96 bits per heavy atom. The van der Waals surface area contributed by atoms with Crippen molar-refractivity contribution in [2.24, 2.45) is 4.99 Å². The third-order valence-corrected chi connectivity index (χ3v) is 5.55. The lowest BCUT2D eigenvalue weighted by Gasteiger charge is -2.27. The van der Waals surface area contributed by atoms with Gasteiger partial charge in [-0.2, -0.15) is 0 Å². The molecule has 0 fully saturated rings. The molecule has 0 saturated carbocycles. The molecule has 0 spiro atoms. The molecule has 0 aliphatic carbocycles. The van der Waals surface area contributed by atoms with E-state index in [1.807, 2.05) is 29.8 Å². The molecule has 0 bridgehead atoms. The molecule has 0 saturated heterocycles. The molecule has 5 nitrogen and oxygen atoms in total. The van der Waals surface area contributed by atoms with Crippen LogP contribution in [0.3, 0.4) is 0 Å². The highest BCUT2D eigenvalue weighted by molar-refractivity contribution is 14.0. The van der Waals surface area contributed by atoms with Crippen LogP contribution in [0.25, 0.3) is 0 Å². The third-order valence-electron chi connectivity index (χ3n) is 4.53. The van der Waals surface area contributed by atoms with Crippen molar-refractivity contribution in [2.45, 2.75) is 26.4 Å². The average molecular weight is 516 g/mol. The Hall–Kier alpha value is -1.68. The zero-order valence-corrected chi connectivity index (χ0v) is 19.3. The van der Waals surface area contributed by atoms with Gasteiger partial charge in [0.05, 0.1) is 0 Å². The average Bonchev–Trinajstić information content (AvgIpc) is 3.12. The summed E-state index contributed by atoms with van der Waals surface area (Å²) in [6.45, 7) is 4.72. The summed E-state index contributed by atoms with van der Waals surface area (Å²) in [5.41, 5.74) is 2.11. The topological polar surface area (TPSA) is 47.9 Å². The van der Waals surface area contributed by atoms with E-state index in [1.54, 1.807) is 17.4 Å². The number of amides is 1. The van der Waals surface area contributed by atoms with Gasteiger partial charge < -0.3 is 15.1 Å². The highest BCUT2D eigenvalue weighted by Gasteiger charge is 2.21. The van der Waals surface area contributed by atoms with Crippen molar-refractivity contribution in [3.8, 4) is 0 Å². The van der Waals surface area contributed by atoms with Gasteiger partial charge in [0.15, 0.2) is 5.96 Å². The number of aliphatic imine (C=N–C) groups is 1. The van der Waals surface area contributed by atoms with Crippen molar-refractivity contribution in [3.63, 3.8) is 0 Å². The molecule has 2 aromatic rings. The van der Waals surface area contributed by atoms with Crippen molar-refractivity contribution < 1.29 is 9.18 Å². The van der Waals surface area contributed by atoms with Gasteiger partial charge >= 0.3 is 0 Å². The van der Waals surface area contributed by atoms with E-state index in [4.69, 9.17) is 0 Å². The molecule has 1 aliphatic heterocycles. The van der Waals surface area contributed by atoms with Gasteiger partial charge in [0.2, 0.25) is 5.91 Å². The molecule has 8 heteroatoms. The first kappa shape index (κ1) is 22.6. The third kappa shape index (κ3) is 5.91. The molecule has 28 heavy (non-hydrogen) atoms. The molecule has 1 amide bonds. The zero-order chi connectivity index (χ0) is 19.2. The minimum atomic E-state index is -0.254. The minimum Gasteiger partial charge on any atom is -0.357 e. The lowest BCUT2D eigenvalue weighted by molar-refractivity contribution is -0.130. The quantitative estimate of drug-likeness (QED) is 0.376. The first-order chi connectivity index (χ1) is 13.1. The fourth-order valence-electron chi connectivity index (χ4n) is 3.16. The van der Waals surface area contributed by atoms with Crippen LogP contribution in [0.15, 0.2) is 40.7 Å². The maximum Gasteiger partial charge on any atom is 0.244 e. The van der Waals surface area contributed by atoms with Crippen LogP contribution in [0.1, 0.15) is 22.9 Å². The summed E-state index contributed by atoms with van der Waals surface area (Å²) in [4.78, 5) is 22.2. The van der Waals surface area contributed by atoms with Gasteiger partial charge in [0, 0.05) is 38.1 Å². The van der Waals surface area contributed by atoms with Crippen molar-refractivity contribution in [1.82, 2.24) is 15.1 Å². The first-order valence-corrected chi connectivity index (χ1v) is 10.0. The first-order valence-electron chi connectivity index (χ1n) is 9.13. The Labute approximate surface area is 186 Å². The number of carbonyl (C=O) groups excluding carboxylic acids is 1. The molecule has 3 rings (SSSR count). The van der Waals surface area contributed by atoms with Crippen molar-refractivity contribution >= 4 is 47.2 Å². The predicted octanol–water partition coefficient (Wildman–Crippen LogP) is 3.49. The van der Waals surface area contributed by atoms with E-state index in [9.17, 15) is 9.18 Å². The zero-order valence-electron chi connectivity index (χ0n) is 16.2. The summed E-state index contributed by atoms with van der Waals surface area (Å²) in [5.74, 6) is 0.417. The van der Waals surface area contributed by atoms with Gasteiger partial charge in [-0.1, -0.05) is 12.1 Å². The maximum absolute atomic E-state index is 13.4. The van der Waals surface area contributed by atoms with Gasteiger partial charge in [-0.15, -0.1) is 35.3 Å². The Kier molecular flexibility index (Phi) is 8.68. The summed E-state index contributed by atoms with van der Waals surface area (Å²) in [7, 11) is 1.88. The van der Waals surface area contributed by atoms with Gasteiger partial charge in [0.25, 0.3) is 0 Å². The second kappa shape index (κ2) is 10.8. The molecule has 2 heterocycles. The van der Waals surface area contributed by atoms with Crippen LogP contribution in [0.4, 0.5) is 4.39 Å². The van der Waals surface area contributed by atoms with Crippen LogP contribution in [-0.2, 0) is 24.3 Å². The summed E-state index contributed by atoms with van der Waals surface area (Å²) in [6, 6.07) is 8.61. The SMILES string of the molecule is CCNC(=NCC(=O)N1CCc2sccc2C1)N(C)Cc1cccc(F)c1.I. The van der Waals surface area contributed by atoms with Crippen molar-refractivity contribution in [3.05, 3.63) is 57.5 Å². The number of halogens is 2. The Bertz CT molecular complexity index is 826. The van der Waals surface area contributed by atoms with E-state index in [0.717, 1.165) is 18.5 Å². The standard InChI is InChI=1S/C20H25FN4OS.HI/c1-3-22-20(24(2)13-15-5-4-6-17(21)11-15)23-12-19(26)25-9-7-18-16(14-25)8-10-27-18;/h4-6,8,10-11H,3,7,9,12-14H2,1-2H3,(H,22,23);1H. The van der Waals surface area contributed by atoms with Crippen LogP contribution in [0, 0.1) is 5.82 Å². The fraction of sp³-hybridized carbons (Fsp3) is 0.400. The Morgan fingerprint density at radius 1 is 1.39 bits per heavy atom. The molecule has 1 N–H and O–H groups in total. The highest BCUT2D eigenvalue weighted by Crippen LogP contribution is 2.23. The molecule has 152 valence electrons. The van der Waals surface area contributed by atoms with Crippen molar-refractivity contribution in [1.29, 1.82) is 0 Å². The predicted molar refractivity (Wildman–Crippen MR) is 123 cm³/mol. The van der Waals surface area contributed by atoms with Crippen molar-refractivity contribution in [2.75, 3.05) is 26.7 Å². The number of carbonyl (C=O) groups is 1. The molecule has 0 unspecified atom stereocenters. The molecular formula is C20H26FIN4OS. The van der Waals surface area contributed by atoms with Gasteiger partial charge in [-0.05, 0) is 48.1 Å². The van der Waals surface area contributed by atoms with E-state index in [2.05, 4.69) is 21.8 Å². The monoisotopic (exact) mass is 516 g/mol. The van der Waals surface area contributed by atoms with E-state index in [1.165, 1.54) is 22.6 Å². The molecule has 1 aliphatic rings. The largest absolute Gasteiger partial charge is 0.357 e. The number of benzene rings is 1.